The van der Waals surface area contributed by atoms with Crippen LogP contribution >= 0.6 is 0 Å². The van der Waals surface area contributed by atoms with Gasteiger partial charge in [-0.15, -0.1) is 0 Å². The first-order chi connectivity index (χ1) is 57.4. The van der Waals surface area contributed by atoms with Crippen molar-refractivity contribution < 1.29 is 9.47 Å². The Kier molecular flexibility index (Phi) is 25.3. The second-order valence-corrected chi connectivity index (χ2v) is 35.7. The van der Waals surface area contributed by atoms with E-state index in [1.165, 1.54) is 253 Å². The van der Waals surface area contributed by atoms with Crippen LogP contribution in [0.1, 0.15) is 203 Å². The van der Waals surface area contributed by atoms with Crippen molar-refractivity contribution >= 4 is 0 Å². The Balaban J connectivity index is 0.000000106. The summed E-state index contributed by atoms with van der Waals surface area (Å²) in [5.41, 5.74) is 60.9. The molecule has 119 heavy (non-hydrogen) atoms. The van der Waals surface area contributed by atoms with Crippen molar-refractivity contribution in [1.29, 1.82) is 0 Å². The van der Waals surface area contributed by atoms with Gasteiger partial charge < -0.3 is 9.47 Å². The van der Waals surface area contributed by atoms with Gasteiger partial charge in [-0.2, -0.15) is 0 Å². The summed E-state index contributed by atoms with van der Waals surface area (Å²) in [6, 6.07) is 93.0. The minimum absolute atomic E-state index is 0.523. The number of fused-ring (bicyclic) bond motifs is 21. The van der Waals surface area contributed by atoms with Crippen LogP contribution in [0.25, 0.3) is 77.9 Å². The summed E-state index contributed by atoms with van der Waals surface area (Å²) in [5, 5.41) is 0. The standard InChI is InChI=1S/7C15H14.2C6H12O/c1-10-5-4-8-13-14(10)9-12-7-3-6-11(2)15(12)13;1-10-5-3-7-12-13-8-4-6-11(2)15(13)9-14(10)12;1-10-6-7-13-12(8-10)9-15-11(2)4-3-5-14(13)15;1-10-6-7-12-9-14-11(2)4-3-5-13(14)15(12)8-10;1-10-7-11(2)14-9-12-5-3-4-6-13(12)15(14)8-10;1-10-7-8-14-13-6-4-3-5-12(13)9-15(14)11(10)2;1-10-7-8-11(2)15-13-6-4-3-5-12(13)9-14(10)15;1-5-3-6(2)7-4-5;1-5-3-4-6(2)7-5/h7*3-8H,9H2,1-2H3;2*5-6H,3-4H2,1-2H3. The van der Waals surface area contributed by atoms with Crippen molar-refractivity contribution in [3.8, 4) is 77.9 Å². The molecule has 7 aliphatic carbocycles. The van der Waals surface area contributed by atoms with Crippen LogP contribution in [0.15, 0.2) is 255 Å². The van der Waals surface area contributed by atoms with Crippen LogP contribution in [0, 0.1) is 103 Å². The molecule has 4 atom stereocenters. The number of ether oxygens (including phenoxy) is 2. The predicted octanol–water partition coefficient (Wildman–Crippen LogP) is 30.1. The lowest BCUT2D eigenvalue weighted by Gasteiger charge is -2.07. The number of aryl methyl sites for hydroxylation is 13. The molecule has 0 radical (unpaired) electrons. The largest absolute Gasteiger partial charge is 0.378 e. The summed E-state index contributed by atoms with van der Waals surface area (Å²) in [5.74, 6) is 0.801. The molecule has 602 valence electrons. The van der Waals surface area contributed by atoms with Crippen LogP contribution in [-0.2, 0) is 54.4 Å². The highest BCUT2D eigenvalue weighted by Gasteiger charge is 2.28. The van der Waals surface area contributed by atoms with Crippen molar-refractivity contribution in [1.82, 2.24) is 0 Å². The minimum atomic E-state index is 0.523. The monoisotopic (exact) mass is 1560 g/mol. The minimum Gasteiger partial charge on any atom is -0.378 e. The normalized spacial score (nSPS) is 15.9. The van der Waals surface area contributed by atoms with Gasteiger partial charge in [-0.25, -0.2) is 0 Å². The van der Waals surface area contributed by atoms with Gasteiger partial charge in [0, 0.05) is 6.61 Å². The molecule has 0 bridgehead atoms. The third-order valence-electron chi connectivity index (χ3n) is 26.6. The van der Waals surface area contributed by atoms with Gasteiger partial charge in [0.05, 0.1) is 18.3 Å². The molecule has 0 N–H and O–H groups in total. The van der Waals surface area contributed by atoms with Gasteiger partial charge in [-0.1, -0.05) is 278 Å². The first kappa shape index (κ1) is 83.1. The zero-order valence-corrected chi connectivity index (χ0v) is 74.2. The first-order valence-corrected chi connectivity index (χ1v) is 43.9. The molecule has 23 rings (SSSR count). The quantitative estimate of drug-likeness (QED) is 0.151. The van der Waals surface area contributed by atoms with E-state index in [0.717, 1.165) is 57.5 Å². The van der Waals surface area contributed by atoms with Gasteiger partial charge in [0.15, 0.2) is 0 Å². The van der Waals surface area contributed by atoms with E-state index < -0.39 is 0 Å². The number of benzene rings is 14. The molecule has 2 heteroatoms. The Bertz CT molecular complexity index is 6010. The van der Waals surface area contributed by atoms with Crippen molar-refractivity contribution in [2.24, 2.45) is 5.92 Å². The zero-order valence-electron chi connectivity index (χ0n) is 74.2. The van der Waals surface area contributed by atoms with Crippen LogP contribution in [0.3, 0.4) is 0 Å². The van der Waals surface area contributed by atoms with Gasteiger partial charge in [0.2, 0.25) is 0 Å². The molecule has 9 aliphatic rings. The molecule has 0 amide bonds. The molecule has 0 aromatic heterocycles. The van der Waals surface area contributed by atoms with Crippen molar-refractivity contribution in [3.63, 3.8) is 0 Å². The summed E-state index contributed by atoms with van der Waals surface area (Å²) in [7, 11) is 0. The molecule has 14 aromatic carbocycles. The lowest BCUT2D eigenvalue weighted by molar-refractivity contribution is 0.0672. The summed E-state index contributed by atoms with van der Waals surface area (Å²) >= 11 is 0. The molecular weight excluding hydrogens is 1440 g/mol. The van der Waals surface area contributed by atoms with Crippen LogP contribution in [0.4, 0.5) is 0 Å². The Morgan fingerprint density at radius 2 is 0.580 bits per heavy atom. The van der Waals surface area contributed by atoms with Gasteiger partial charge in [0.1, 0.15) is 0 Å². The fraction of sp³-hybridized carbons (Fsp3) is 0.282. The summed E-state index contributed by atoms with van der Waals surface area (Å²) in [6.45, 7) is 40.4. The van der Waals surface area contributed by atoms with Crippen LogP contribution in [0.5, 0.6) is 0 Å². The molecule has 2 nitrogen and oxygen atoms in total. The molecule has 0 spiro atoms. The van der Waals surface area contributed by atoms with E-state index in [0.29, 0.717) is 18.3 Å². The number of hydrogen-bond acceptors (Lipinski definition) is 2. The van der Waals surface area contributed by atoms with E-state index in [9.17, 15) is 0 Å². The van der Waals surface area contributed by atoms with Crippen LogP contribution < -0.4 is 0 Å². The fourth-order valence-electron chi connectivity index (χ4n) is 19.9. The maximum Gasteiger partial charge on any atom is 0.0551 e. The van der Waals surface area contributed by atoms with E-state index in [2.05, 4.69) is 379 Å². The fourth-order valence-corrected chi connectivity index (χ4v) is 19.9. The van der Waals surface area contributed by atoms with Gasteiger partial charge in [-0.05, 0) is 405 Å². The smallest absolute Gasteiger partial charge is 0.0551 e. The molecule has 2 saturated heterocycles. The van der Waals surface area contributed by atoms with Crippen molar-refractivity contribution in [2.45, 2.75) is 207 Å². The molecule has 2 aliphatic heterocycles. The van der Waals surface area contributed by atoms with Gasteiger partial charge >= 0.3 is 0 Å². The van der Waals surface area contributed by atoms with E-state index in [4.69, 9.17) is 9.47 Å². The highest BCUT2D eigenvalue weighted by atomic mass is 16.5. The first-order valence-electron chi connectivity index (χ1n) is 43.9. The number of rotatable bonds is 0. The topological polar surface area (TPSA) is 18.5 Å². The Morgan fingerprint density at radius 3 is 1.13 bits per heavy atom. The Hall–Kier alpha value is -11.0. The van der Waals surface area contributed by atoms with Gasteiger partial charge in [0.25, 0.3) is 0 Å². The molecule has 0 saturated carbocycles. The lowest BCUT2D eigenvalue weighted by Crippen LogP contribution is -2.01. The number of hydrogen-bond donors (Lipinski definition) is 0. The van der Waals surface area contributed by atoms with Crippen LogP contribution in [0.2, 0.25) is 0 Å². The molecule has 2 fully saturated rings. The Morgan fingerprint density at radius 1 is 0.218 bits per heavy atom. The van der Waals surface area contributed by atoms with E-state index in [1.807, 2.05) is 0 Å². The summed E-state index contributed by atoms with van der Waals surface area (Å²) in [6.07, 6.45) is 13.1. The third kappa shape index (κ3) is 18.0. The second-order valence-electron chi connectivity index (χ2n) is 35.7. The average molecular weight is 1560 g/mol. The average Bonchev–Trinajstić information content (AvgIpc) is 1.71. The Labute approximate surface area is 712 Å². The lowest BCUT2D eigenvalue weighted by atomic mass is 9.97. The van der Waals surface area contributed by atoms with E-state index >= 15 is 0 Å². The van der Waals surface area contributed by atoms with E-state index in [-0.39, 0.29) is 0 Å². The van der Waals surface area contributed by atoms with E-state index in [1.54, 1.807) is 0 Å². The van der Waals surface area contributed by atoms with Crippen molar-refractivity contribution in [3.05, 3.63) is 411 Å². The molecule has 2 heterocycles. The van der Waals surface area contributed by atoms with Crippen molar-refractivity contribution in [2.75, 3.05) is 6.61 Å². The zero-order chi connectivity index (χ0) is 83.4. The third-order valence-corrected chi connectivity index (χ3v) is 26.6. The molecular formula is C117H122O2. The van der Waals surface area contributed by atoms with Crippen LogP contribution in [-0.4, -0.2) is 24.9 Å². The maximum absolute atomic E-state index is 5.36. The molecule has 4 unspecified atom stereocenters. The molecule has 14 aromatic rings. The predicted molar refractivity (Wildman–Crippen MR) is 508 cm³/mol. The second kappa shape index (κ2) is 36.3. The highest BCUT2D eigenvalue weighted by molar-refractivity contribution is 5.85. The van der Waals surface area contributed by atoms with Gasteiger partial charge in [-0.3, -0.25) is 0 Å². The SMILES string of the molecule is CC1CCC(C)O1.CC1COC(C)C1.Cc1cc(C)c2c(c1)-c1ccccc1C2.Cc1ccc(C)c2c1Cc1ccccc1-2.Cc1ccc2c(c1)-c1cccc(C)c1C2.Cc1ccc2c(c1)Cc1c(C)cccc1-2.Cc1ccc2c(c1C)Cc1ccccc1-2.Cc1cccc2c1Cc1c(C)cccc1-2.Cc1cccc2c1Cc1cccc(C)c1-2. The summed E-state index contributed by atoms with van der Waals surface area (Å²) in [4.78, 5) is 0. The maximum atomic E-state index is 5.36. The summed E-state index contributed by atoms with van der Waals surface area (Å²) < 4.78 is 10.6. The highest BCUT2D eigenvalue weighted by Crippen LogP contribution is 2.46.